The van der Waals surface area contributed by atoms with Crippen molar-refractivity contribution in [1.29, 1.82) is 0 Å². The van der Waals surface area contributed by atoms with Crippen molar-refractivity contribution in [3.8, 4) is 22.8 Å². The molecular formula is C31H26ClN3O3S. The third-order valence-corrected chi connectivity index (χ3v) is 6.96. The van der Waals surface area contributed by atoms with Crippen molar-refractivity contribution >= 4 is 57.7 Å². The Kier molecular flexibility index (Phi) is 7.37. The van der Waals surface area contributed by atoms with E-state index in [2.05, 4.69) is 16.7 Å². The topological polar surface area (TPSA) is 80.3 Å². The van der Waals surface area contributed by atoms with Crippen LogP contribution in [0.3, 0.4) is 0 Å². The van der Waals surface area contributed by atoms with E-state index in [1.807, 2.05) is 76.2 Å². The van der Waals surface area contributed by atoms with Gasteiger partial charge in [-0.3, -0.25) is 10.1 Å². The maximum Gasteiger partial charge on any atom is 0.250 e. The first-order valence-electron chi connectivity index (χ1n) is 12.3. The number of amides is 1. The molecule has 6 nitrogen and oxygen atoms in total. The summed E-state index contributed by atoms with van der Waals surface area (Å²) in [6.07, 6.45) is 2.95. The molecule has 0 unspecified atom stereocenters. The molecule has 8 heteroatoms. The maximum absolute atomic E-state index is 12.5. The predicted molar refractivity (Wildman–Crippen MR) is 161 cm³/mol. The van der Waals surface area contributed by atoms with E-state index in [0.717, 1.165) is 50.2 Å². The smallest absolute Gasteiger partial charge is 0.250 e. The summed E-state index contributed by atoms with van der Waals surface area (Å²) in [5, 5.41) is 6.61. The Morgan fingerprint density at radius 1 is 0.974 bits per heavy atom. The maximum atomic E-state index is 12.5. The number of rotatable bonds is 5. The number of aryl methyl sites for hydroxylation is 3. The summed E-state index contributed by atoms with van der Waals surface area (Å²) < 4.78 is 11.9. The molecule has 0 saturated heterocycles. The number of hydrogen-bond donors (Lipinski definition) is 2. The van der Waals surface area contributed by atoms with E-state index in [1.54, 1.807) is 12.1 Å². The Balaban J connectivity index is 1.25. The van der Waals surface area contributed by atoms with Gasteiger partial charge in [-0.25, -0.2) is 4.98 Å². The van der Waals surface area contributed by atoms with Gasteiger partial charge in [0.15, 0.2) is 10.7 Å². The number of hydrogen-bond acceptors (Lipinski definition) is 5. The number of aromatic nitrogens is 1. The third-order valence-electron chi connectivity index (χ3n) is 6.35. The lowest BCUT2D eigenvalue weighted by Gasteiger charge is -2.12. The van der Waals surface area contributed by atoms with Gasteiger partial charge >= 0.3 is 0 Å². The molecule has 0 saturated carbocycles. The molecule has 0 fully saturated rings. The van der Waals surface area contributed by atoms with Gasteiger partial charge in [-0.1, -0.05) is 35.9 Å². The van der Waals surface area contributed by atoms with E-state index in [4.69, 9.17) is 37.6 Å². The Bertz CT molecular complexity index is 1770. The highest BCUT2D eigenvalue weighted by atomic mass is 35.5. The Labute approximate surface area is 236 Å². The molecule has 196 valence electrons. The highest BCUT2D eigenvalue weighted by molar-refractivity contribution is 7.80. The summed E-state index contributed by atoms with van der Waals surface area (Å²) in [6, 6.07) is 19.1. The number of fused-ring (bicyclic) bond motifs is 1. The molecule has 0 atom stereocenters. The zero-order valence-electron chi connectivity index (χ0n) is 21.9. The number of nitrogens with zero attached hydrogens (tertiary/aromatic N) is 1. The summed E-state index contributed by atoms with van der Waals surface area (Å²) in [6.45, 7) is 7.94. The van der Waals surface area contributed by atoms with Crippen molar-refractivity contribution in [3.05, 3.63) is 99.8 Å². The second-order valence-corrected chi connectivity index (χ2v) is 10.2. The number of nitrogens with one attached hydrogen (secondary N) is 2. The van der Waals surface area contributed by atoms with E-state index < -0.39 is 0 Å². The van der Waals surface area contributed by atoms with Crippen LogP contribution >= 0.6 is 23.8 Å². The van der Waals surface area contributed by atoms with Gasteiger partial charge in [-0.2, -0.15) is 0 Å². The van der Waals surface area contributed by atoms with Crippen LogP contribution in [-0.2, 0) is 4.79 Å². The van der Waals surface area contributed by atoms with E-state index in [-0.39, 0.29) is 11.0 Å². The van der Waals surface area contributed by atoms with Gasteiger partial charge in [0.25, 0.3) is 0 Å². The first-order valence-corrected chi connectivity index (χ1v) is 13.1. The molecule has 0 bridgehead atoms. The number of thiocarbonyl (C=S) groups is 1. The normalized spacial score (nSPS) is 11.3. The molecular weight excluding hydrogens is 530 g/mol. The summed E-state index contributed by atoms with van der Waals surface area (Å²) in [4.78, 5) is 17.2. The van der Waals surface area contributed by atoms with Gasteiger partial charge in [0, 0.05) is 27.9 Å². The summed E-state index contributed by atoms with van der Waals surface area (Å²) >= 11 is 11.6. The molecule has 0 aliphatic carbocycles. The fourth-order valence-corrected chi connectivity index (χ4v) is 4.69. The number of oxazole rings is 1. The number of anilines is 1. The van der Waals surface area contributed by atoms with Crippen molar-refractivity contribution in [2.24, 2.45) is 0 Å². The molecule has 3 aromatic carbocycles. The van der Waals surface area contributed by atoms with E-state index in [1.165, 1.54) is 6.08 Å². The molecule has 2 aromatic heterocycles. The van der Waals surface area contributed by atoms with Crippen LogP contribution in [0.5, 0.6) is 0 Å². The Morgan fingerprint density at radius 2 is 1.79 bits per heavy atom. The molecule has 39 heavy (non-hydrogen) atoms. The van der Waals surface area contributed by atoms with Gasteiger partial charge in [0.1, 0.15) is 17.0 Å². The van der Waals surface area contributed by atoms with Crippen molar-refractivity contribution in [1.82, 2.24) is 10.3 Å². The monoisotopic (exact) mass is 555 g/mol. The predicted octanol–water partition coefficient (Wildman–Crippen LogP) is 8.17. The van der Waals surface area contributed by atoms with Crippen molar-refractivity contribution in [3.63, 3.8) is 0 Å². The van der Waals surface area contributed by atoms with Crippen molar-refractivity contribution < 1.29 is 13.6 Å². The number of furan rings is 1. The lowest BCUT2D eigenvalue weighted by Crippen LogP contribution is -2.33. The SMILES string of the molecule is Cc1cc(C)c2oc(-c3cccc(NC(=S)NC(=O)/C=C/c4ccc(-c5ccc(C)c(Cl)c5)o4)c3C)nc2c1. The summed E-state index contributed by atoms with van der Waals surface area (Å²) in [5.74, 6) is 1.34. The number of benzene rings is 3. The number of halogens is 1. The van der Waals surface area contributed by atoms with Gasteiger partial charge in [-0.05, 0) is 105 Å². The Hall–Kier alpha value is -4.20. The molecule has 2 N–H and O–H groups in total. The van der Waals surface area contributed by atoms with Gasteiger partial charge in [0.05, 0.1) is 0 Å². The fraction of sp³-hybridized carbons (Fsp3) is 0.129. The molecule has 0 radical (unpaired) electrons. The highest BCUT2D eigenvalue weighted by Gasteiger charge is 2.15. The molecule has 0 aliphatic rings. The molecule has 5 rings (SSSR count). The van der Waals surface area contributed by atoms with Crippen LogP contribution in [0.1, 0.15) is 28.0 Å². The van der Waals surface area contributed by atoms with Crippen LogP contribution in [0.15, 0.2) is 75.6 Å². The quantitative estimate of drug-likeness (QED) is 0.168. The zero-order chi connectivity index (χ0) is 27.7. The van der Waals surface area contributed by atoms with Crippen LogP contribution in [-0.4, -0.2) is 16.0 Å². The van der Waals surface area contributed by atoms with Crippen molar-refractivity contribution in [2.75, 3.05) is 5.32 Å². The van der Waals surface area contributed by atoms with E-state index in [9.17, 15) is 4.79 Å². The highest BCUT2D eigenvalue weighted by Crippen LogP contribution is 2.32. The molecule has 0 spiro atoms. The van der Waals surface area contributed by atoms with Crippen LogP contribution in [0.25, 0.3) is 40.0 Å². The lowest BCUT2D eigenvalue weighted by molar-refractivity contribution is -0.115. The van der Waals surface area contributed by atoms with Gasteiger partial charge in [0.2, 0.25) is 11.8 Å². The van der Waals surface area contributed by atoms with Crippen molar-refractivity contribution in [2.45, 2.75) is 27.7 Å². The first-order chi connectivity index (χ1) is 18.7. The van der Waals surface area contributed by atoms with Gasteiger partial charge < -0.3 is 14.2 Å². The fourth-order valence-electron chi connectivity index (χ4n) is 4.30. The summed E-state index contributed by atoms with van der Waals surface area (Å²) in [5.41, 5.74) is 8.09. The Morgan fingerprint density at radius 3 is 2.59 bits per heavy atom. The minimum absolute atomic E-state index is 0.170. The molecule has 2 heterocycles. The third kappa shape index (κ3) is 5.79. The average molecular weight is 556 g/mol. The minimum Gasteiger partial charge on any atom is -0.457 e. The lowest BCUT2D eigenvalue weighted by atomic mass is 10.1. The van der Waals surface area contributed by atoms with E-state index in [0.29, 0.717) is 22.4 Å². The standard InChI is InChI=1S/C31H26ClN3O3S/c1-17-14-19(3)29-26(15-17)33-30(38-29)23-6-5-7-25(20(23)4)34-31(39)35-28(36)13-11-22-10-12-27(37-22)21-9-8-18(2)24(32)16-21/h5-16H,1-4H3,(H2,34,35,36,39)/b13-11+. The molecule has 0 aliphatic heterocycles. The number of carbonyl (C=O) groups excluding carboxylic acids is 1. The van der Waals surface area contributed by atoms with E-state index >= 15 is 0 Å². The van der Waals surface area contributed by atoms with Gasteiger partial charge in [-0.15, -0.1) is 0 Å². The molecule has 5 aromatic rings. The van der Waals surface area contributed by atoms with Crippen LogP contribution in [0, 0.1) is 27.7 Å². The van der Waals surface area contributed by atoms with Crippen LogP contribution in [0.2, 0.25) is 5.02 Å². The first kappa shape index (κ1) is 26.4. The second kappa shape index (κ2) is 10.9. The average Bonchev–Trinajstić information content (AvgIpc) is 3.53. The summed E-state index contributed by atoms with van der Waals surface area (Å²) in [7, 11) is 0. The minimum atomic E-state index is -0.387. The van der Waals surface area contributed by atoms with Crippen LogP contribution in [0.4, 0.5) is 5.69 Å². The number of carbonyl (C=O) groups is 1. The van der Waals surface area contributed by atoms with Crippen LogP contribution < -0.4 is 10.6 Å². The zero-order valence-corrected chi connectivity index (χ0v) is 23.5. The second-order valence-electron chi connectivity index (χ2n) is 9.37. The molecule has 1 amide bonds. The largest absolute Gasteiger partial charge is 0.457 e.